The molecule has 0 spiro atoms. The van der Waals surface area contributed by atoms with E-state index in [0.717, 1.165) is 6.07 Å². The fraction of sp³-hybridized carbons (Fsp3) is 0.333. The number of hydrogen-bond donors (Lipinski definition) is 3. The number of benzene rings is 1. The van der Waals surface area contributed by atoms with Crippen LogP contribution < -0.4 is 10.6 Å². The van der Waals surface area contributed by atoms with Gasteiger partial charge in [0.25, 0.3) is 0 Å². The molecule has 1 aromatic rings. The van der Waals surface area contributed by atoms with E-state index in [0.29, 0.717) is 0 Å². The number of amides is 1. The van der Waals surface area contributed by atoms with E-state index in [9.17, 15) is 14.0 Å². The number of carboxylic acids is 1. The number of carbonyl (C=O) groups excluding carboxylic acids is 1. The number of aromatic carboxylic acids is 1. The first-order chi connectivity index (χ1) is 8.41. The number of anilines is 1. The summed E-state index contributed by atoms with van der Waals surface area (Å²) in [5.41, 5.74) is -0.576. The van der Waals surface area contributed by atoms with Crippen molar-refractivity contribution in [3.63, 3.8) is 0 Å². The van der Waals surface area contributed by atoms with E-state index in [2.05, 4.69) is 10.6 Å². The molecule has 0 bridgehead atoms. The van der Waals surface area contributed by atoms with E-state index in [4.69, 9.17) is 5.11 Å². The number of nitrogens with one attached hydrogen (secondary N) is 2. The molecule has 5 nitrogen and oxygen atoms in total. The van der Waals surface area contributed by atoms with Gasteiger partial charge in [-0.25, -0.2) is 9.18 Å². The van der Waals surface area contributed by atoms with Crippen molar-refractivity contribution < 1.29 is 19.1 Å². The Morgan fingerprint density at radius 2 is 2.06 bits per heavy atom. The first-order valence-corrected chi connectivity index (χ1v) is 5.47. The average Bonchev–Trinajstić information content (AvgIpc) is 2.28. The number of halogens is 1. The van der Waals surface area contributed by atoms with Crippen LogP contribution in [0.15, 0.2) is 18.2 Å². The van der Waals surface area contributed by atoms with Gasteiger partial charge in [0, 0.05) is 6.04 Å². The molecule has 0 unspecified atom stereocenters. The van der Waals surface area contributed by atoms with Crippen molar-refractivity contribution in [3.05, 3.63) is 29.6 Å². The quantitative estimate of drug-likeness (QED) is 0.743. The fourth-order valence-corrected chi connectivity index (χ4v) is 1.31. The van der Waals surface area contributed by atoms with Crippen molar-refractivity contribution >= 4 is 17.6 Å². The van der Waals surface area contributed by atoms with Gasteiger partial charge in [-0.1, -0.05) is 19.9 Å². The zero-order valence-electron chi connectivity index (χ0n) is 10.2. The number of carboxylic acid groups (broad SMARTS) is 1. The summed E-state index contributed by atoms with van der Waals surface area (Å²) in [7, 11) is 0. The van der Waals surface area contributed by atoms with Gasteiger partial charge >= 0.3 is 5.97 Å². The minimum atomic E-state index is -1.29. The molecule has 0 aromatic heterocycles. The van der Waals surface area contributed by atoms with Crippen molar-refractivity contribution in [1.29, 1.82) is 0 Å². The molecule has 0 saturated carbocycles. The van der Waals surface area contributed by atoms with Crippen molar-refractivity contribution in [2.24, 2.45) is 0 Å². The van der Waals surface area contributed by atoms with E-state index >= 15 is 0 Å². The predicted octanol–water partition coefficient (Wildman–Crippen LogP) is 1.46. The topological polar surface area (TPSA) is 78.4 Å². The van der Waals surface area contributed by atoms with Gasteiger partial charge in [-0.05, 0) is 12.1 Å². The lowest BCUT2D eigenvalue weighted by atomic mass is 10.1. The summed E-state index contributed by atoms with van der Waals surface area (Å²) >= 11 is 0. The average molecular weight is 254 g/mol. The molecular formula is C12H15FN2O3. The molecule has 3 N–H and O–H groups in total. The first kappa shape index (κ1) is 14.1. The number of carbonyl (C=O) groups is 2. The minimum Gasteiger partial charge on any atom is -0.478 e. The Labute approximate surface area is 104 Å². The summed E-state index contributed by atoms with van der Waals surface area (Å²) in [6.07, 6.45) is 0. The minimum absolute atomic E-state index is 0.00887. The van der Waals surface area contributed by atoms with Gasteiger partial charge in [0.1, 0.15) is 5.82 Å². The molecule has 0 aliphatic carbocycles. The van der Waals surface area contributed by atoms with Crippen LogP contribution in [0.5, 0.6) is 0 Å². The molecule has 18 heavy (non-hydrogen) atoms. The molecule has 0 atom stereocenters. The van der Waals surface area contributed by atoms with Crippen LogP contribution in [-0.4, -0.2) is 29.6 Å². The summed E-state index contributed by atoms with van der Waals surface area (Å²) in [6, 6.07) is 3.71. The Balaban J connectivity index is 2.83. The van der Waals surface area contributed by atoms with Gasteiger partial charge in [0.05, 0.1) is 17.8 Å². The van der Waals surface area contributed by atoms with Gasteiger partial charge in [-0.3, -0.25) is 4.79 Å². The zero-order valence-corrected chi connectivity index (χ0v) is 10.2. The van der Waals surface area contributed by atoms with Crippen molar-refractivity contribution in [2.45, 2.75) is 19.9 Å². The lowest BCUT2D eigenvalue weighted by molar-refractivity contribution is -0.115. The largest absolute Gasteiger partial charge is 0.478 e. The van der Waals surface area contributed by atoms with Crippen molar-refractivity contribution in [2.75, 3.05) is 11.9 Å². The van der Waals surface area contributed by atoms with Crippen LogP contribution in [0.1, 0.15) is 24.2 Å². The summed E-state index contributed by atoms with van der Waals surface area (Å²) in [5, 5.41) is 14.0. The van der Waals surface area contributed by atoms with Crippen molar-refractivity contribution in [1.82, 2.24) is 5.32 Å². The highest BCUT2D eigenvalue weighted by atomic mass is 19.1. The Hall–Kier alpha value is -1.95. The maximum Gasteiger partial charge on any atom is 0.337 e. The lowest BCUT2D eigenvalue weighted by Crippen LogP contribution is -2.33. The second kappa shape index (κ2) is 6.11. The molecule has 0 aliphatic heterocycles. The van der Waals surface area contributed by atoms with E-state index < -0.39 is 17.7 Å². The molecule has 0 heterocycles. The standard InChI is InChI=1S/C12H15FN2O3/c1-7(2)14-6-10(16)15-11-8(12(17)18)4-3-5-9(11)13/h3-5,7,14H,6H2,1-2H3,(H,15,16)(H,17,18). The summed E-state index contributed by atoms with van der Waals surface area (Å²) < 4.78 is 13.5. The summed E-state index contributed by atoms with van der Waals surface area (Å²) in [6.45, 7) is 3.71. The smallest absolute Gasteiger partial charge is 0.337 e. The molecule has 1 rings (SSSR count). The van der Waals surface area contributed by atoms with E-state index in [1.54, 1.807) is 0 Å². The van der Waals surface area contributed by atoms with E-state index in [1.807, 2.05) is 13.8 Å². The molecule has 98 valence electrons. The highest BCUT2D eigenvalue weighted by molar-refractivity contribution is 6.01. The third-order valence-corrected chi connectivity index (χ3v) is 2.18. The highest BCUT2D eigenvalue weighted by Gasteiger charge is 2.16. The second-order valence-corrected chi connectivity index (χ2v) is 4.05. The molecule has 0 saturated heterocycles. The van der Waals surface area contributed by atoms with Crippen LogP contribution >= 0.6 is 0 Å². The Morgan fingerprint density at radius 3 is 2.61 bits per heavy atom. The number of para-hydroxylation sites is 1. The van der Waals surface area contributed by atoms with Crippen LogP contribution in [-0.2, 0) is 4.79 Å². The van der Waals surface area contributed by atoms with Gasteiger partial charge in [0.15, 0.2) is 0 Å². The second-order valence-electron chi connectivity index (χ2n) is 4.05. The Morgan fingerprint density at radius 1 is 1.39 bits per heavy atom. The van der Waals surface area contributed by atoms with Crippen LogP contribution in [0, 0.1) is 5.82 Å². The molecule has 0 fully saturated rings. The van der Waals surface area contributed by atoms with Crippen LogP contribution in [0.25, 0.3) is 0 Å². The molecule has 1 aromatic carbocycles. The first-order valence-electron chi connectivity index (χ1n) is 5.47. The third-order valence-electron chi connectivity index (χ3n) is 2.18. The molecule has 0 radical (unpaired) electrons. The van der Waals surface area contributed by atoms with Crippen LogP contribution in [0.2, 0.25) is 0 Å². The van der Waals surface area contributed by atoms with E-state index in [1.165, 1.54) is 12.1 Å². The third kappa shape index (κ3) is 3.81. The van der Waals surface area contributed by atoms with Crippen LogP contribution in [0.3, 0.4) is 0 Å². The molecule has 6 heteroatoms. The van der Waals surface area contributed by atoms with Gasteiger partial charge < -0.3 is 15.7 Å². The SMILES string of the molecule is CC(C)NCC(=O)Nc1c(F)cccc1C(=O)O. The maximum absolute atomic E-state index is 13.5. The fourth-order valence-electron chi connectivity index (χ4n) is 1.31. The number of rotatable bonds is 5. The molecular weight excluding hydrogens is 239 g/mol. The van der Waals surface area contributed by atoms with Crippen LogP contribution in [0.4, 0.5) is 10.1 Å². The highest BCUT2D eigenvalue weighted by Crippen LogP contribution is 2.19. The van der Waals surface area contributed by atoms with Gasteiger partial charge in [-0.2, -0.15) is 0 Å². The number of hydrogen-bond acceptors (Lipinski definition) is 3. The summed E-state index contributed by atoms with van der Waals surface area (Å²) in [5.74, 6) is -2.55. The lowest BCUT2D eigenvalue weighted by Gasteiger charge is -2.11. The monoisotopic (exact) mass is 254 g/mol. The maximum atomic E-state index is 13.5. The molecule has 1 amide bonds. The van der Waals surface area contributed by atoms with Gasteiger partial charge in [0.2, 0.25) is 5.91 Å². The zero-order chi connectivity index (χ0) is 13.7. The Bertz CT molecular complexity index is 461. The molecule has 0 aliphatic rings. The van der Waals surface area contributed by atoms with Gasteiger partial charge in [-0.15, -0.1) is 0 Å². The van der Waals surface area contributed by atoms with Crippen molar-refractivity contribution in [3.8, 4) is 0 Å². The predicted molar refractivity (Wildman–Crippen MR) is 65.1 cm³/mol. The Kier molecular flexibility index (Phi) is 4.79. The summed E-state index contributed by atoms with van der Waals surface area (Å²) in [4.78, 5) is 22.4. The normalized spacial score (nSPS) is 10.4. The van der Waals surface area contributed by atoms with E-state index in [-0.39, 0.29) is 23.8 Å².